The zero-order valence-electron chi connectivity index (χ0n) is 20.9. The molecule has 0 radical (unpaired) electrons. The summed E-state index contributed by atoms with van der Waals surface area (Å²) < 4.78 is 17.2. The number of anilines is 1. The molecule has 8 nitrogen and oxygen atoms in total. The number of nitrogens with zero attached hydrogens (tertiary/aromatic N) is 7. The van der Waals surface area contributed by atoms with E-state index in [4.69, 9.17) is 0 Å². The summed E-state index contributed by atoms with van der Waals surface area (Å²) in [5.41, 5.74) is 3.96. The number of hydrogen-bond donors (Lipinski definition) is 0. The van der Waals surface area contributed by atoms with Crippen molar-refractivity contribution in [1.29, 1.82) is 0 Å². The van der Waals surface area contributed by atoms with E-state index in [1.165, 1.54) is 6.33 Å². The lowest BCUT2D eigenvalue weighted by atomic mass is 10.0. The van der Waals surface area contributed by atoms with Gasteiger partial charge in [-0.2, -0.15) is 0 Å². The fraction of sp³-hybridized carbons (Fsp3) is 0.370. The van der Waals surface area contributed by atoms with E-state index in [9.17, 15) is 4.79 Å². The molecule has 0 aliphatic carbocycles. The van der Waals surface area contributed by atoms with Crippen LogP contribution in [0.3, 0.4) is 0 Å². The first-order valence-electron chi connectivity index (χ1n) is 12.3. The lowest BCUT2D eigenvalue weighted by Crippen LogP contribution is -2.35. The zero-order chi connectivity index (χ0) is 25.2. The summed E-state index contributed by atoms with van der Waals surface area (Å²) in [5.74, 6) is 0.391. The first kappa shape index (κ1) is 23.8. The standard InChI is InChI=1S/C27H30FN7O/c1-4-18-14-29-27(30-15-18)34-11-9-21(10-12-34)35-16-22(28)24-23(31-17-32-25(24)35)13-19-5-7-20(8-6-19)26(36)33(2)3/h5-8,14-17,21H,4,9-13H2,1-3H3. The molecule has 1 aliphatic rings. The van der Waals surface area contributed by atoms with Crippen LogP contribution >= 0.6 is 0 Å². The fourth-order valence-corrected chi connectivity index (χ4v) is 4.77. The maximum atomic E-state index is 15.2. The van der Waals surface area contributed by atoms with Gasteiger partial charge in [-0.3, -0.25) is 4.79 Å². The Morgan fingerprint density at radius 2 is 1.72 bits per heavy atom. The molecular weight excluding hydrogens is 457 g/mol. The van der Waals surface area contributed by atoms with Crippen molar-refractivity contribution in [3.63, 3.8) is 0 Å². The molecule has 4 aromatic rings. The Labute approximate surface area is 209 Å². The van der Waals surface area contributed by atoms with E-state index in [1.807, 2.05) is 29.1 Å². The minimum absolute atomic E-state index is 0.0512. The number of carbonyl (C=O) groups excluding carboxylic acids is 1. The smallest absolute Gasteiger partial charge is 0.253 e. The first-order valence-corrected chi connectivity index (χ1v) is 12.3. The average molecular weight is 488 g/mol. The fourth-order valence-electron chi connectivity index (χ4n) is 4.77. The molecule has 0 saturated carbocycles. The highest BCUT2D eigenvalue weighted by Crippen LogP contribution is 2.31. The van der Waals surface area contributed by atoms with Crippen LogP contribution in [0.5, 0.6) is 0 Å². The van der Waals surface area contributed by atoms with Crippen LogP contribution in [0.4, 0.5) is 10.3 Å². The summed E-state index contributed by atoms with van der Waals surface area (Å²) in [6.07, 6.45) is 9.92. The average Bonchev–Trinajstić information content (AvgIpc) is 3.26. The van der Waals surface area contributed by atoms with Crippen molar-refractivity contribution in [3.05, 3.63) is 77.4 Å². The van der Waals surface area contributed by atoms with Gasteiger partial charge in [0.2, 0.25) is 5.95 Å². The quantitative estimate of drug-likeness (QED) is 0.408. The molecule has 1 fully saturated rings. The Hall–Kier alpha value is -3.88. The third kappa shape index (κ3) is 4.65. The molecule has 0 unspecified atom stereocenters. The van der Waals surface area contributed by atoms with E-state index in [0.717, 1.165) is 49.4 Å². The molecule has 1 amide bonds. The number of piperidine rings is 1. The van der Waals surface area contributed by atoms with Crippen LogP contribution in [0.1, 0.15) is 53.0 Å². The van der Waals surface area contributed by atoms with Crippen molar-refractivity contribution in [2.75, 3.05) is 32.1 Å². The Bertz CT molecular complexity index is 1360. The van der Waals surface area contributed by atoms with Gasteiger partial charge in [0, 0.05) is 63.8 Å². The third-order valence-electron chi connectivity index (χ3n) is 6.86. The normalized spacial score (nSPS) is 14.4. The van der Waals surface area contributed by atoms with Crippen LogP contribution in [0, 0.1) is 5.82 Å². The van der Waals surface area contributed by atoms with E-state index < -0.39 is 0 Å². The molecule has 1 aliphatic heterocycles. The topological polar surface area (TPSA) is 80.0 Å². The van der Waals surface area contributed by atoms with Gasteiger partial charge in [0.1, 0.15) is 12.0 Å². The van der Waals surface area contributed by atoms with Crippen molar-refractivity contribution in [2.45, 2.75) is 38.6 Å². The van der Waals surface area contributed by atoms with E-state index in [1.54, 1.807) is 37.3 Å². The minimum Gasteiger partial charge on any atom is -0.345 e. The molecule has 36 heavy (non-hydrogen) atoms. The van der Waals surface area contributed by atoms with Crippen molar-refractivity contribution in [2.24, 2.45) is 0 Å². The Balaban J connectivity index is 1.33. The summed E-state index contributed by atoms with van der Waals surface area (Å²) in [4.78, 5) is 33.8. The van der Waals surface area contributed by atoms with Gasteiger partial charge >= 0.3 is 0 Å². The third-order valence-corrected chi connectivity index (χ3v) is 6.86. The second-order valence-electron chi connectivity index (χ2n) is 9.44. The van der Waals surface area contributed by atoms with Crippen LogP contribution in [-0.2, 0) is 12.8 Å². The molecule has 4 heterocycles. The summed E-state index contributed by atoms with van der Waals surface area (Å²) in [7, 11) is 3.45. The van der Waals surface area contributed by atoms with Crippen LogP contribution < -0.4 is 4.90 Å². The highest BCUT2D eigenvalue weighted by Gasteiger charge is 2.26. The van der Waals surface area contributed by atoms with E-state index in [0.29, 0.717) is 28.7 Å². The number of rotatable bonds is 6. The molecule has 5 rings (SSSR count). The number of halogens is 1. The van der Waals surface area contributed by atoms with Gasteiger partial charge in [-0.15, -0.1) is 0 Å². The maximum Gasteiger partial charge on any atom is 0.253 e. The largest absolute Gasteiger partial charge is 0.345 e. The van der Waals surface area contributed by atoms with Crippen molar-refractivity contribution in [3.8, 4) is 0 Å². The first-order chi connectivity index (χ1) is 17.4. The van der Waals surface area contributed by atoms with Gasteiger partial charge in [0.25, 0.3) is 5.91 Å². The highest BCUT2D eigenvalue weighted by atomic mass is 19.1. The lowest BCUT2D eigenvalue weighted by Gasteiger charge is -2.32. The molecule has 0 N–H and O–H groups in total. The number of aromatic nitrogens is 5. The molecular formula is C27H30FN7O. The van der Waals surface area contributed by atoms with Gasteiger partial charge in [-0.05, 0) is 42.5 Å². The number of hydrogen-bond acceptors (Lipinski definition) is 6. The van der Waals surface area contributed by atoms with Gasteiger partial charge < -0.3 is 14.4 Å². The molecule has 1 saturated heterocycles. The van der Waals surface area contributed by atoms with Crippen molar-refractivity contribution < 1.29 is 9.18 Å². The van der Waals surface area contributed by atoms with E-state index >= 15 is 4.39 Å². The summed E-state index contributed by atoms with van der Waals surface area (Å²) in [6.45, 7) is 3.68. The molecule has 3 aromatic heterocycles. The second kappa shape index (κ2) is 10.0. The van der Waals surface area contributed by atoms with Gasteiger partial charge in [0.15, 0.2) is 5.82 Å². The summed E-state index contributed by atoms with van der Waals surface area (Å²) in [6, 6.07) is 7.52. The van der Waals surface area contributed by atoms with Crippen LogP contribution in [0.2, 0.25) is 0 Å². The molecule has 186 valence electrons. The maximum absolute atomic E-state index is 15.2. The summed E-state index contributed by atoms with van der Waals surface area (Å²) in [5, 5.41) is 0.465. The number of amides is 1. The van der Waals surface area contributed by atoms with Gasteiger partial charge in [-0.25, -0.2) is 24.3 Å². The van der Waals surface area contributed by atoms with Crippen molar-refractivity contribution in [1.82, 2.24) is 29.4 Å². The number of aryl methyl sites for hydroxylation is 1. The molecule has 1 aromatic carbocycles. The molecule has 0 bridgehead atoms. The second-order valence-corrected chi connectivity index (χ2v) is 9.44. The highest BCUT2D eigenvalue weighted by molar-refractivity contribution is 5.93. The molecule has 0 spiro atoms. The summed E-state index contributed by atoms with van der Waals surface area (Å²) >= 11 is 0. The predicted octanol–water partition coefficient (Wildman–Crippen LogP) is 4.06. The number of benzene rings is 1. The molecule has 0 atom stereocenters. The monoisotopic (exact) mass is 487 g/mol. The SMILES string of the molecule is CCc1cnc(N2CCC(n3cc(F)c4c(Cc5ccc(C(=O)N(C)C)cc5)ncnc43)CC2)nc1. The number of fused-ring (bicyclic) bond motifs is 1. The Kier molecular flexibility index (Phi) is 6.63. The minimum atomic E-state index is -0.305. The van der Waals surface area contributed by atoms with Crippen LogP contribution in [-0.4, -0.2) is 62.5 Å². The van der Waals surface area contributed by atoms with Crippen molar-refractivity contribution >= 4 is 22.9 Å². The predicted molar refractivity (Wildman–Crippen MR) is 137 cm³/mol. The van der Waals surface area contributed by atoms with E-state index in [-0.39, 0.29) is 17.8 Å². The Morgan fingerprint density at radius 1 is 1.03 bits per heavy atom. The Morgan fingerprint density at radius 3 is 2.36 bits per heavy atom. The number of carbonyl (C=O) groups is 1. The van der Waals surface area contributed by atoms with Crippen LogP contribution in [0.15, 0.2) is 49.2 Å². The van der Waals surface area contributed by atoms with Gasteiger partial charge in [0.05, 0.1) is 11.1 Å². The van der Waals surface area contributed by atoms with Crippen LogP contribution in [0.25, 0.3) is 11.0 Å². The zero-order valence-corrected chi connectivity index (χ0v) is 20.9. The van der Waals surface area contributed by atoms with Gasteiger partial charge in [-0.1, -0.05) is 19.1 Å². The molecule has 9 heteroatoms. The van der Waals surface area contributed by atoms with E-state index in [2.05, 4.69) is 31.8 Å². The lowest BCUT2D eigenvalue weighted by molar-refractivity contribution is 0.0827.